The van der Waals surface area contributed by atoms with Crippen LogP contribution in [-0.2, 0) is 4.79 Å². The van der Waals surface area contributed by atoms with Gasteiger partial charge in [0.05, 0.1) is 14.4 Å². The number of phenols is 1. The molecular formula is C13H11BrClNO3S. The summed E-state index contributed by atoms with van der Waals surface area (Å²) in [6.45, 7) is 3.57. The molecule has 0 aliphatic carbocycles. The fourth-order valence-electron chi connectivity index (χ4n) is 1.74. The fraction of sp³-hybridized carbons (Fsp3) is 0.231. The molecule has 106 valence electrons. The van der Waals surface area contributed by atoms with Crippen molar-refractivity contribution in [2.24, 2.45) is 0 Å². The number of imide groups is 1. The van der Waals surface area contributed by atoms with Crippen molar-refractivity contribution in [1.29, 1.82) is 0 Å². The number of carbonyl (C=O) groups excluding carboxylic acids is 2. The van der Waals surface area contributed by atoms with Crippen LogP contribution in [-0.4, -0.2) is 27.2 Å². The summed E-state index contributed by atoms with van der Waals surface area (Å²) in [5.41, 5.74) is 0.633. The number of benzene rings is 1. The van der Waals surface area contributed by atoms with Gasteiger partial charge in [0.25, 0.3) is 11.1 Å². The van der Waals surface area contributed by atoms with Crippen LogP contribution in [0.4, 0.5) is 4.79 Å². The minimum absolute atomic E-state index is 0.0564. The number of hydrogen-bond donors (Lipinski definition) is 1. The molecule has 1 fully saturated rings. The third-order valence-corrected chi connectivity index (χ3v) is 4.45. The minimum atomic E-state index is -0.310. The van der Waals surface area contributed by atoms with E-state index in [0.717, 1.165) is 11.8 Å². The van der Waals surface area contributed by atoms with Crippen LogP contribution in [0.5, 0.6) is 5.75 Å². The van der Waals surface area contributed by atoms with Crippen LogP contribution in [0.1, 0.15) is 19.4 Å². The molecule has 1 heterocycles. The smallest absolute Gasteiger partial charge is 0.293 e. The van der Waals surface area contributed by atoms with E-state index in [-0.39, 0.29) is 28.0 Å². The van der Waals surface area contributed by atoms with Crippen molar-refractivity contribution in [3.8, 4) is 5.75 Å². The molecule has 1 aromatic rings. The van der Waals surface area contributed by atoms with E-state index in [9.17, 15) is 14.7 Å². The molecule has 20 heavy (non-hydrogen) atoms. The topological polar surface area (TPSA) is 57.6 Å². The highest BCUT2D eigenvalue weighted by atomic mass is 79.9. The standard InChI is InChI=1S/C13H11BrClNO3S/c1-6(2)16-12(18)10(20-13(16)19)5-7-3-8(14)11(17)9(15)4-7/h3-6,17H,1-2H3. The molecular weight excluding hydrogens is 366 g/mol. The summed E-state index contributed by atoms with van der Waals surface area (Å²) in [5.74, 6) is -0.366. The molecule has 0 radical (unpaired) electrons. The van der Waals surface area contributed by atoms with Gasteiger partial charge in [-0.3, -0.25) is 14.5 Å². The minimum Gasteiger partial charge on any atom is -0.505 e. The first kappa shape index (κ1) is 15.4. The quantitative estimate of drug-likeness (QED) is 0.784. The number of thioether (sulfide) groups is 1. The predicted molar refractivity (Wildman–Crippen MR) is 83.8 cm³/mol. The maximum absolute atomic E-state index is 12.1. The van der Waals surface area contributed by atoms with Crippen LogP contribution < -0.4 is 0 Å². The zero-order valence-electron chi connectivity index (χ0n) is 10.7. The Morgan fingerprint density at radius 2 is 2.05 bits per heavy atom. The van der Waals surface area contributed by atoms with E-state index < -0.39 is 0 Å². The molecule has 1 aliphatic heterocycles. The van der Waals surface area contributed by atoms with Gasteiger partial charge in [-0.1, -0.05) is 11.6 Å². The zero-order valence-corrected chi connectivity index (χ0v) is 13.8. The normalized spacial score (nSPS) is 17.6. The van der Waals surface area contributed by atoms with E-state index in [1.807, 2.05) is 0 Å². The number of nitrogens with zero attached hydrogens (tertiary/aromatic N) is 1. The van der Waals surface area contributed by atoms with Gasteiger partial charge in [-0.15, -0.1) is 0 Å². The Bertz CT molecular complexity index is 607. The van der Waals surface area contributed by atoms with Crippen LogP contribution in [0.25, 0.3) is 6.08 Å². The summed E-state index contributed by atoms with van der Waals surface area (Å²) < 4.78 is 0.430. The van der Waals surface area contributed by atoms with E-state index in [1.165, 1.54) is 11.0 Å². The SMILES string of the molecule is CC(C)N1C(=O)SC(=Cc2cc(Cl)c(O)c(Br)c2)C1=O. The number of phenolic OH excluding ortho intramolecular Hbond substituents is 1. The summed E-state index contributed by atoms with van der Waals surface area (Å²) in [5, 5.41) is 9.46. The molecule has 1 aromatic carbocycles. The van der Waals surface area contributed by atoms with Gasteiger partial charge < -0.3 is 5.11 Å². The largest absolute Gasteiger partial charge is 0.505 e. The monoisotopic (exact) mass is 375 g/mol. The Hall–Kier alpha value is -0.980. The molecule has 1 saturated heterocycles. The molecule has 0 atom stereocenters. The van der Waals surface area contributed by atoms with Gasteiger partial charge in [0.15, 0.2) is 0 Å². The highest BCUT2D eigenvalue weighted by Crippen LogP contribution is 2.37. The van der Waals surface area contributed by atoms with Crippen molar-refractivity contribution < 1.29 is 14.7 Å². The highest BCUT2D eigenvalue weighted by molar-refractivity contribution is 9.10. The van der Waals surface area contributed by atoms with Crippen LogP contribution in [0.3, 0.4) is 0 Å². The maximum atomic E-state index is 12.1. The number of halogens is 2. The highest BCUT2D eigenvalue weighted by Gasteiger charge is 2.36. The number of hydrogen-bond acceptors (Lipinski definition) is 4. The van der Waals surface area contributed by atoms with Crippen molar-refractivity contribution in [3.05, 3.63) is 32.1 Å². The zero-order chi connectivity index (χ0) is 15.0. The summed E-state index contributed by atoms with van der Waals surface area (Å²) >= 11 is 9.94. The van der Waals surface area contributed by atoms with Crippen molar-refractivity contribution >= 4 is 56.5 Å². The average Bonchev–Trinajstić information content (AvgIpc) is 2.61. The predicted octanol–water partition coefficient (Wildman–Crippen LogP) is 4.25. The van der Waals surface area contributed by atoms with Crippen LogP contribution in [0.15, 0.2) is 21.5 Å². The van der Waals surface area contributed by atoms with E-state index in [2.05, 4.69) is 15.9 Å². The molecule has 0 saturated carbocycles. The number of aromatic hydroxyl groups is 1. The van der Waals surface area contributed by atoms with Gasteiger partial charge >= 0.3 is 0 Å². The molecule has 2 rings (SSSR count). The van der Waals surface area contributed by atoms with Gasteiger partial charge in [0, 0.05) is 6.04 Å². The van der Waals surface area contributed by atoms with Crippen LogP contribution in [0, 0.1) is 0 Å². The summed E-state index contributed by atoms with van der Waals surface area (Å²) in [4.78, 5) is 25.4. The molecule has 0 unspecified atom stereocenters. The molecule has 1 N–H and O–H groups in total. The van der Waals surface area contributed by atoms with Crippen molar-refractivity contribution in [1.82, 2.24) is 4.90 Å². The molecule has 2 amide bonds. The first-order chi connectivity index (χ1) is 9.31. The first-order valence-electron chi connectivity index (χ1n) is 5.76. The second kappa shape index (κ2) is 5.79. The van der Waals surface area contributed by atoms with Crippen LogP contribution in [0.2, 0.25) is 5.02 Å². The summed E-state index contributed by atoms with van der Waals surface area (Å²) in [6, 6.07) is 2.98. The molecule has 1 aliphatic rings. The molecule has 0 aromatic heterocycles. The van der Waals surface area contributed by atoms with E-state index in [0.29, 0.717) is 14.9 Å². The second-order valence-corrected chi connectivity index (χ2v) is 6.73. The number of rotatable bonds is 2. The van der Waals surface area contributed by atoms with Crippen LogP contribution >= 0.6 is 39.3 Å². The summed E-state index contributed by atoms with van der Waals surface area (Å²) in [6.07, 6.45) is 1.59. The Kier molecular flexibility index (Phi) is 4.46. The molecule has 7 heteroatoms. The Labute approximate surface area is 133 Å². The maximum Gasteiger partial charge on any atom is 0.293 e. The lowest BCUT2D eigenvalue weighted by Gasteiger charge is -2.16. The lowest BCUT2D eigenvalue weighted by atomic mass is 10.2. The van der Waals surface area contributed by atoms with E-state index in [1.54, 1.807) is 26.0 Å². The van der Waals surface area contributed by atoms with Gasteiger partial charge in [-0.05, 0) is 65.3 Å². The average molecular weight is 377 g/mol. The number of amides is 2. The Morgan fingerprint density at radius 1 is 1.40 bits per heavy atom. The van der Waals surface area contributed by atoms with Gasteiger partial charge in [-0.2, -0.15) is 0 Å². The lowest BCUT2D eigenvalue weighted by Crippen LogP contribution is -2.34. The number of carbonyl (C=O) groups is 2. The van der Waals surface area contributed by atoms with Gasteiger partial charge in [-0.25, -0.2) is 0 Å². The van der Waals surface area contributed by atoms with Gasteiger partial charge in [0.1, 0.15) is 5.75 Å². The summed E-state index contributed by atoms with van der Waals surface area (Å²) in [7, 11) is 0. The Morgan fingerprint density at radius 3 is 2.55 bits per heavy atom. The van der Waals surface area contributed by atoms with E-state index in [4.69, 9.17) is 11.6 Å². The molecule has 0 bridgehead atoms. The fourth-order valence-corrected chi connectivity index (χ4v) is 3.53. The first-order valence-corrected chi connectivity index (χ1v) is 7.75. The second-order valence-electron chi connectivity index (χ2n) is 4.48. The molecule has 4 nitrogen and oxygen atoms in total. The third kappa shape index (κ3) is 2.87. The third-order valence-electron chi connectivity index (χ3n) is 2.68. The molecule has 0 spiro atoms. The van der Waals surface area contributed by atoms with Crippen molar-refractivity contribution in [3.63, 3.8) is 0 Å². The van der Waals surface area contributed by atoms with Crippen molar-refractivity contribution in [2.45, 2.75) is 19.9 Å². The Balaban J connectivity index is 2.38. The van der Waals surface area contributed by atoms with Gasteiger partial charge in [0.2, 0.25) is 0 Å². The van der Waals surface area contributed by atoms with Crippen molar-refractivity contribution in [2.75, 3.05) is 0 Å². The van der Waals surface area contributed by atoms with E-state index >= 15 is 0 Å². The lowest BCUT2D eigenvalue weighted by molar-refractivity contribution is -0.123.